The first kappa shape index (κ1) is 13.8. The van der Waals surface area contributed by atoms with E-state index >= 15 is 0 Å². The van der Waals surface area contributed by atoms with Crippen molar-refractivity contribution in [1.82, 2.24) is 9.55 Å². The number of hydrogen-bond acceptors (Lipinski definition) is 5. The van der Waals surface area contributed by atoms with E-state index in [0.717, 1.165) is 0 Å². The van der Waals surface area contributed by atoms with Gasteiger partial charge in [-0.15, -0.1) is 6.58 Å². The lowest BCUT2D eigenvalue weighted by Gasteiger charge is -2.27. The van der Waals surface area contributed by atoms with Crippen LogP contribution in [0.5, 0.6) is 0 Å². The van der Waals surface area contributed by atoms with E-state index in [0.29, 0.717) is 6.42 Å². The minimum atomic E-state index is -0.805. The monoisotopic (exact) mass is 265 g/mol. The summed E-state index contributed by atoms with van der Waals surface area (Å²) < 4.78 is 7.16. The first-order chi connectivity index (χ1) is 8.95. The van der Waals surface area contributed by atoms with Crippen molar-refractivity contribution in [2.24, 2.45) is 5.92 Å². The van der Waals surface area contributed by atoms with E-state index in [4.69, 9.17) is 10.5 Å². The predicted octanol–water partition coefficient (Wildman–Crippen LogP) is 0.686. The number of rotatable bonds is 3. The number of aromatic nitrogens is 2. The van der Waals surface area contributed by atoms with Gasteiger partial charge >= 0.3 is 5.69 Å². The standard InChI is InChI=1S/C13H19N3O3/c1-4-13(5-2)8(3)10(17)11(19-13)16-7-6-9(14)15-12(16)18/h4,6-8,10-11,17H,1,5H2,2-3H3,(H2,14,15,18)/t8-,10+,11+,13+/m0/s1. The molecule has 19 heavy (non-hydrogen) atoms. The molecule has 0 aromatic carbocycles. The Morgan fingerprint density at radius 1 is 1.74 bits per heavy atom. The fourth-order valence-electron chi connectivity index (χ4n) is 2.56. The lowest BCUT2D eigenvalue weighted by Crippen LogP contribution is -2.33. The number of nitrogens with two attached hydrogens (primary N) is 1. The van der Waals surface area contributed by atoms with Crippen molar-refractivity contribution >= 4 is 5.82 Å². The van der Waals surface area contributed by atoms with Gasteiger partial charge in [-0.3, -0.25) is 4.57 Å². The third-order valence-corrected chi connectivity index (χ3v) is 3.94. The van der Waals surface area contributed by atoms with Crippen LogP contribution >= 0.6 is 0 Å². The van der Waals surface area contributed by atoms with E-state index in [1.807, 2.05) is 13.8 Å². The highest BCUT2D eigenvalue weighted by Crippen LogP contribution is 2.43. The molecule has 3 N–H and O–H groups in total. The molecule has 0 unspecified atom stereocenters. The molecule has 2 heterocycles. The summed E-state index contributed by atoms with van der Waals surface area (Å²) in [4.78, 5) is 15.5. The number of nitrogen functional groups attached to an aromatic ring is 1. The number of anilines is 1. The van der Waals surface area contributed by atoms with Gasteiger partial charge in [0.15, 0.2) is 6.23 Å². The summed E-state index contributed by atoms with van der Waals surface area (Å²) in [6.45, 7) is 7.61. The maximum Gasteiger partial charge on any atom is 0.351 e. The van der Waals surface area contributed by atoms with Crippen LogP contribution in [0.25, 0.3) is 0 Å². The molecule has 0 amide bonds. The zero-order valence-electron chi connectivity index (χ0n) is 11.1. The van der Waals surface area contributed by atoms with Gasteiger partial charge in [0, 0.05) is 12.1 Å². The summed E-state index contributed by atoms with van der Waals surface area (Å²) in [5, 5.41) is 10.3. The highest BCUT2D eigenvalue weighted by atomic mass is 16.5. The Balaban J connectivity index is 2.42. The Morgan fingerprint density at radius 2 is 2.42 bits per heavy atom. The number of ether oxygens (including phenoxy) is 1. The van der Waals surface area contributed by atoms with E-state index in [1.54, 1.807) is 6.08 Å². The molecule has 1 aliphatic heterocycles. The van der Waals surface area contributed by atoms with E-state index in [-0.39, 0.29) is 11.7 Å². The second-order valence-electron chi connectivity index (χ2n) is 4.84. The van der Waals surface area contributed by atoms with Crippen LogP contribution in [0.15, 0.2) is 29.7 Å². The minimum absolute atomic E-state index is 0.146. The Hall–Kier alpha value is -1.66. The van der Waals surface area contributed by atoms with Gasteiger partial charge in [-0.25, -0.2) is 4.79 Å². The molecule has 1 aromatic rings. The number of nitrogens with zero attached hydrogens (tertiary/aromatic N) is 2. The summed E-state index contributed by atoms with van der Waals surface area (Å²) in [5.74, 6) is -0.0169. The zero-order valence-corrected chi connectivity index (χ0v) is 11.1. The molecular formula is C13H19N3O3. The van der Waals surface area contributed by atoms with E-state index < -0.39 is 23.6 Å². The summed E-state index contributed by atoms with van der Waals surface area (Å²) in [7, 11) is 0. The molecule has 104 valence electrons. The maximum atomic E-state index is 11.8. The Morgan fingerprint density at radius 3 is 2.89 bits per heavy atom. The molecular weight excluding hydrogens is 246 g/mol. The van der Waals surface area contributed by atoms with Gasteiger partial charge in [0.05, 0.1) is 5.60 Å². The van der Waals surface area contributed by atoms with Crippen molar-refractivity contribution in [3.63, 3.8) is 0 Å². The SMILES string of the molecule is C=C[C@]1(CC)O[C@@H](n2ccc(N)nc2=O)[C@H](O)[C@@H]1C. The molecule has 6 heteroatoms. The minimum Gasteiger partial charge on any atom is -0.388 e. The van der Waals surface area contributed by atoms with Gasteiger partial charge in [0.25, 0.3) is 0 Å². The van der Waals surface area contributed by atoms with Gasteiger partial charge in [-0.05, 0) is 12.5 Å². The highest BCUT2D eigenvalue weighted by Gasteiger charge is 2.50. The average Bonchev–Trinajstić information content (AvgIpc) is 2.64. The molecule has 1 fully saturated rings. The molecule has 1 aliphatic rings. The van der Waals surface area contributed by atoms with Crippen LogP contribution in [-0.2, 0) is 4.74 Å². The molecule has 0 aliphatic carbocycles. The first-order valence-electron chi connectivity index (χ1n) is 6.29. The summed E-state index contributed by atoms with van der Waals surface area (Å²) >= 11 is 0. The van der Waals surface area contributed by atoms with Crippen molar-refractivity contribution in [2.45, 2.75) is 38.2 Å². The Labute approximate surface area is 111 Å². The number of aliphatic hydroxyl groups excluding tert-OH is 1. The van der Waals surface area contributed by atoms with Crippen molar-refractivity contribution in [2.75, 3.05) is 5.73 Å². The summed E-state index contributed by atoms with van der Waals surface area (Å²) in [6.07, 6.45) is 2.27. The largest absolute Gasteiger partial charge is 0.388 e. The van der Waals surface area contributed by atoms with Crippen molar-refractivity contribution in [3.05, 3.63) is 35.4 Å². The third kappa shape index (κ3) is 2.06. The number of aliphatic hydroxyl groups is 1. The highest BCUT2D eigenvalue weighted by molar-refractivity contribution is 5.23. The van der Waals surface area contributed by atoms with Crippen LogP contribution in [0.4, 0.5) is 5.82 Å². The summed E-state index contributed by atoms with van der Waals surface area (Å²) in [5.41, 5.74) is 4.28. The molecule has 0 saturated carbocycles. The lowest BCUT2D eigenvalue weighted by molar-refractivity contribution is -0.0720. The van der Waals surface area contributed by atoms with Crippen molar-refractivity contribution in [3.8, 4) is 0 Å². The molecule has 2 rings (SSSR count). The molecule has 4 atom stereocenters. The second-order valence-corrected chi connectivity index (χ2v) is 4.84. The van der Waals surface area contributed by atoms with E-state index in [2.05, 4.69) is 11.6 Å². The normalized spacial score (nSPS) is 34.4. The fourth-order valence-corrected chi connectivity index (χ4v) is 2.56. The molecule has 6 nitrogen and oxygen atoms in total. The lowest BCUT2D eigenvalue weighted by atomic mass is 9.85. The molecule has 1 aromatic heterocycles. The van der Waals surface area contributed by atoms with Crippen molar-refractivity contribution < 1.29 is 9.84 Å². The predicted molar refractivity (Wildman–Crippen MR) is 71.4 cm³/mol. The molecule has 0 spiro atoms. The molecule has 0 bridgehead atoms. The third-order valence-electron chi connectivity index (χ3n) is 3.94. The van der Waals surface area contributed by atoms with Crippen LogP contribution in [0.1, 0.15) is 26.5 Å². The average molecular weight is 265 g/mol. The van der Waals surface area contributed by atoms with Gasteiger partial charge in [0.1, 0.15) is 11.9 Å². The second kappa shape index (κ2) is 4.79. The smallest absolute Gasteiger partial charge is 0.351 e. The molecule has 0 radical (unpaired) electrons. The van der Waals surface area contributed by atoms with Gasteiger partial charge in [0.2, 0.25) is 0 Å². The maximum absolute atomic E-state index is 11.8. The van der Waals surface area contributed by atoms with Crippen LogP contribution in [-0.4, -0.2) is 26.4 Å². The fraction of sp³-hybridized carbons (Fsp3) is 0.538. The quantitative estimate of drug-likeness (QED) is 0.785. The Bertz CT molecular complexity index is 542. The summed E-state index contributed by atoms with van der Waals surface area (Å²) in [6, 6.07) is 1.50. The molecule has 1 saturated heterocycles. The van der Waals surface area contributed by atoms with Crippen LogP contribution in [0.3, 0.4) is 0 Å². The van der Waals surface area contributed by atoms with E-state index in [1.165, 1.54) is 16.8 Å². The van der Waals surface area contributed by atoms with Gasteiger partial charge < -0.3 is 15.6 Å². The topological polar surface area (TPSA) is 90.4 Å². The van der Waals surface area contributed by atoms with Crippen LogP contribution in [0.2, 0.25) is 0 Å². The van der Waals surface area contributed by atoms with E-state index in [9.17, 15) is 9.90 Å². The number of hydrogen-bond donors (Lipinski definition) is 2. The van der Waals surface area contributed by atoms with Gasteiger partial charge in [-0.1, -0.05) is 19.9 Å². The Kier molecular flexibility index (Phi) is 3.47. The van der Waals surface area contributed by atoms with Crippen LogP contribution in [0, 0.1) is 5.92 Å². The zero-order chi connectivity index (χ0) is 14.2. The first-order valence-corrected chi connectivity index (χ1v) is 6.29. The van der Waals surface area contributed by atoms with Crippen molar-refractivity contribution in [1.29, 1.82) is 0 Å². The van der Waals surface area contributed by atoms with Gasteiger partial charge in [-0.2, -0.15) is 4.98 Å². The van der Waals surface area contributed by atoms with Crippen LogP contribution < -0.4 is 11.4 Å².